The van der Waals surface area contributed by atoms with E-state index in [0.29, 0.717) is 11.5 Å². The molecular weight excluding hydrogens is 407 g/mol. The topological polar surface area (TPSA) is 44.8 Å². The van der Waals surface area contributed by atoms with E-state index in [1.165, 1.54) is 30.4 Å². The number of phosphoric ester groups is 1. The molecule has 0 aliphatic carbocycles. The molecule has 0 unspecified atom stereocenters. The van der Waals surface area contributed by atoms with E-state index in [9.17, 15) is 4.57 Å². The molecule has 0 N–H and O–H groups in total. The molecule has 0 aromatic heterocycles. The molecule has 4 nitrogen and oxygen atoms in total. The first-order valence-corrected chi connectivity index (χ1v) is 12.4. The summed E-state index contributed by atoms with van der Waals surface area (Å²) in [6.07, 6.45) is 6.44. The minimum absolute atomic E-state index is 0.273. The molecule has 3 rings (SSSR count). The first-order valence-electron chi connectivity index (χ1n) is 11.0. The second-order valence-corrected chi connectivity index (χ2v) is 8.98. The summed E-state index contributed by atoms with van der Waals surface area (Å²) in [5.41, 5.74) is 2.62. The van der Waals surface area contributed by atoms with Crippen molar-refractivity contribution in [1.82, 2.24) is 0 Å². The van der Waals surface area contributed by atoms with Crippen molar-refractivity contribution in [1.29, 1.82) is 0 Å². The highest BCUT2D eigenvalue weighted by atomic mass is 31.2. The van der Waals surface area contributed by atoms with Crippen molar-refractivity contribution < 1.29 is 18.1 Å². The molecule has 0 saturated carbocycles. The lowest BCUT2D eigenvalue weighted by Crippen LogP contribution is -2.06. The van der Waals surface area contributed by atoms with Crippen LogP contribution < -0.4 is 9.05 Å². The van der Waals surface area contributed by atoms with Crippen LogP contribution in [0.5, 0.6) is 11.5 Å². The Kier molecular flexibility index (Phi) is 9.20. The largest absolute Gasteiger partial charge is 0.587 e. The van der Waals surface area contributed by atoms with Gasteiger partial charge in [-0.25, -0.2) is 4.57 Å². The average Bonchev–Trinajstić information content (AvgIpc) is 2.79. The van der Waals surface area contributed by atoms with E-state index < -0.39 is 7.82 Å². The van der Waals surface area contributed by atoms with E-state index in [-0.39, 0.29) is 6.61 Å². The van der Waals surface area contributed by atoms with Crippen LogP contribution in [0, 0.1) is 0 Å². The van der Waals surface area contributed by atoms with Crippen LogP contribution in [0.25, 0.3) is 0 Å². The lowest BCUT2D eigenvalue weighted by atomic mass is 10.0. The number of rotatable bonds is 13. The fraction of sp³-hybridized carbons (Fsp3) is 0.308. The van der Waals surface area contributed by atoms with Gasteiger partial charge in [0.2, 0.25) is 0 Å². The van der Waals surface area contributed by atoms with Crippen molar-refractivity contribution in [3.05, 3.63) is 96.1 Å². The van der Waals surface area contributed by atoms with Crippen molar-refractivity contribution in [2.45, 2.75) is 45.4 Å². The fourth-order valence-corrected chi connectivity index (χ4v) is 4.45. The maximum Gasteiger partial charge on any atom is 0.587 e. The summed E-state index contributed by atoms with van der Waals surface area (Å²) < 4.78 is 30.2. The Hall–Kier alpha value is -2.55. The second-order valence-electron chi connectivity index (χ2n) is 7.47. The van der Waals surface area contributed by atoms with Gasteiger partial charge < -0.3 is 9.05 Å². The van der Waals surface area contributed by atoms with Crippen molar-refractivity contribution >= 4 is 7.82 Å². The minimum atomic E-state index is -3.81. The lowest BCUT2D eigenvalue weighted by molar-refractivity contribution is 0.207. The van der Waals surface area contributed by atoms with Crippen LogP contribution in [0.1, 0.15) is 43.7 Å². The minimum Gasteiger partial charge on any atom is -0.395 e. The van der Waals surface area contributed by atoms with Crippen LogP contribution in [-0.4, -0.2) is 6.61 Å². The van der Waals surface area contributed by atoms with Crippen molar-refractivity contribution in [3.8, 4) is 11.5 Å². The van der Waals surface area contributed by atoms with Gasteiger partial charge in [-0.1, -0.05) is 80.4 Å². The van der Waals surface area contributed by atoms with Crippen LogP contribution in [0.4, 0.5) is 0 Å². The Bertz CT molecular complexity index is 881. The molecule has 0 fully saturated rings. The molecular formula is C26H31O4P. The van der Waals surface area contributed by atoms with Crippen LogP contribution in [0.3, 0.4) is 0 Å². The maximum absolute atomic E-state index is 13.3. The Morgan fingerprint density at radius 3 is 1.61 bits per heavy atom. The van der Waals surface area contributed by atoms with Gasteiger partial charge in [-0.05, 0) is 61.1 Å². The molecule has 0 amide bonds. The van der Waals surface area contributed by atoms with Gasteiger partial charge in [0, 0.05) is 0 Å². The zero-order chi connectivity index (χ0) is 21.8. The molecule has 5 heteroatoms. The van der Waals surface area contributed by atoms with Crippen LogP contribution in [0.2, 0.25) is 0 Å². The van der Waals surface area contributed by atoms with E-state index in [1.54, 1.807) is 24.3 Å². The second kappa shape index (κ2) is 12.3. The summed E-state index contributed by atoms with van der Waals surface area (Å²) in [6.45, 7) is 2.50. The smallest absolute Gasteiger partial charge is 0.395 e. The van der Waals surface area contributed by atoms with Gasteiger partial charge in [0.05, 0.1) is 6.61 Å². The predicted molar refractivity (Wildman–Crippen MR) is 126 cm³/mol. The Labute approximate surface area is 185 Å². The number of benzene rings is 3. The van der Waals surface area contributed by atoms with Gasteiger partial charge in [0.25, 0.3) is 0 Å². The first-order chi connectivity index (χ1) is 15.2. The normalized spacial score (nSPS) is 11.3. The quantitative estimate of drug-likeness (QED) is 0.203. The molecule has 164 valence electrons. The third kappa shape index (κ3) is 8.24. The molecule has 31 heavy (non-hydrogen) atoms. The van der Waals surface area contributed by atoms with E-state index in [1.807, 2.05) is 36.4 Å². The van der Waals surface area contributed by atoms with E-state index in [2.05, 4.69) is 31.2 Å². The highest BCUT2D eigenvalue weighted by molar-refractivity contribution is 7.49. The van der Waals surface area contributed by atoms with Crippen LogP contribution in [0.15, 0.2) is 84.9 Å². The van der Waals surface area contributed by atoms with Gasteiger partial charge >= 0.3 is 7.82 Å². The standard InChI is InChI=1S/C26H31O4P/c1-2-3-6-12-23-18-20-24(21-19-23)13-11-22-28-31(27,29-25-14-7-4-8-15-25)30-26-16-9-5-10-17-26/h4-5,7-10,14-21H,2-3,6,11-13,22H2,1H3. The van der Waals surface area contributed by atoms with Gasteiger partial charge in [-0.2, -0.15) is 0 Å². The van der Waals surface area contributed by atoms with Crippen molar-refractivity contribution in [2.24, 2.45) is 0 Å². The van der Waals surface area contributed by atoms with Crippen LogP contribution in [-0.2, 0) is 21.9 Å². The molecule has 0 heterocycles. The number of unbranched alkanes of at least 4 members (excludes halogenated alkanes) is 2. The van der Waals surface area contributed by atoms with Crippen molar-refractivity contribution in [3.63, 3.8) is 0 Å². The summed E-state index contributed by atoms with van der Waals surface area (Å²) in [5, 5.41) is 0. The number of hydrogen-bond acceptors (Lipinski definition) is 4. The van der Waals surface area contributed by atoms with Gasteiger partial charge in [0.1, 0.15) is 11.5 Å². The summed E-state index contributed by atoms with van der Waals surface area (Å²) in [6, 6.07) is 26.6. The van der Waals surface area contributed by atoms with E-state index in [4.69, 9.17) is 13.6 Å². The molecule has 0 bridgehead atoms. The summed E-state index contributed by atoms with van der Waals surface area (Å²) in [7, 11) is -3.81. The summed E-state index contributed by atoms with van der Waals surface area (Å²) in [5.74, 6) is 0.890. The van der Waals surface area contributed by atoms with Crippen LogP contribution >= 0.6 is 7.82 Å². The third-order valence-corrected chi connectivity index (χ3v) is 6.24. The highest BCUT2D eigenvalue weighted by Crippen LogP contribution is 2.49. The zero-order valence-corrected chi connectivity index (χ0v) is 19.0. The molecule has 0 aliphatic rings. The van der Waals surface area contributed by atoms with Gasteiger partial charge in [-0.15, -0.1) is 0 Å². The number of aryl methyl sites for hydroxylation is 2. The number of hydrogen-bond donors (Lipinski definition) is 0. The first kappa shape index (κ1) is 23.1. The molecule has 3 aromatic carbocycles. The number of phosphoric acid groups is 1. The van der Waals surface area contributed by atoms with E-state index in [0.717, 1.165) is 19.3 Å². The maximum atomic E-state index is 13.3. The highest BCUT2D eigenvalue weighted by Gasteiger charge is 2.30. The predicted octanol–water partition coefficient (Wildman–Crippen LogP) is 7.63. The molecule has 0 saturated heterocycles. The SMILES string of the molecule is CCCCCc1ccc(CCCOP(=O)(Oc2ccccc2)Oc2ccccc2)cc1. The zero-order valence-electron chi connectivity index (χ0n) is 18.1. The lowest BCUT2D eigenvalue weighted by Gasteiger charge is -2.19. The third-order valence-electron chi connectivity index (χ3n) is 4.87. The Balaban J connectivity index is 1.53. The fourth-order valence-electron chi connectivity index (χ4n) is 3.20. The van der Waals surface area contributed by atoms with Gasteiger partial charge in [-0.3, -0.25) is 4.52 Å². The monoisotopic (exact) mass is 438 g/mol. The Morgan fingerprint density at radius 2 is 1.13 bits per heavy atom. The van der Waals surface area contributed by atoms with Crippen molar-refractivity contribution in [2.75, 3.05) is 6.61 Å². The molecule has 0 aliphatic heterocycles. The Morgan fingerprint density at radius 1 is 0.645 bits per heavy atom. The number of para-hydroxylation sites is 2. The summed E-state index contributed by atoms with van der Waals surface area (Å²) in [4.78, 5) is 0. The van der Waals surface area contributed by atoms with Gasteiger partial charge in [0.15, 0.2) is 0 Å². The molecule has 0 atom stereocenters. The summed E-state index contributed by atoms with van der Waals surface area (Å²) >= 11 is 0. The van der Waals surface area contributed by atoms with E-state index >= 15 is 0 Å². The molecule has 0 spiro atoms. The molecule has 3 aromatic rings. The molecule has 0 radical (unpaired) electrons. The average molecular weight is 439 g/mol.